The van der Waals surface area contributed by atoms with Crippen molar-refractivity contribution in [3.63, 3.8) is 0 Å². The van der Waals surface area contributed by atoms with Crippen LogP contribution in [0.4, 0.5) is 10.5 Å². The van der Waals surface area contributed by atoms with E-state index in [1.807, 2.05) is 15.6 Å². The molecule has 1 saturated heterocycles. The number of anilines is 1. The molecule has 1 fully saturated rings. The number of urea groups is 1. The Morgan fingerprint density at radius 1 is 1.28 bits per heavy atom. The molecule has 134 valence electrons. The lowest BCUT2D eigenvalue weighted by atomic mass is 10.1. The average Bonchev–Trinajstić information content (AvgIpc) is 3.29. The summed E-state index contributed by atoms with van der Waals surface area (Å²) in [5.74, 6) is 1.22. The van der Waals surface area contributed by atoms with Crippen LogP contribution in [0.25, 0.3) is 0 Å². The minimum Gasteiger partial charge on any atom is -0.493 e. The predicted molar refractivity (Wildman–Crippen MR) is 95.1 cm³/mol. The first-order chi connectivity index (χ1) is 12.2. The van der Waals surface area contributed by atoms with Gasteiger partial charge in [0.1, 0.15) is 0 Å². The molecule has 1 aromatic carbocycles. The largest absolute Gasteiger partial charge is 0.493 e. The number of ether oxygens (including phenoxy) is 2. The van der Waals surface area contributed by atoms with Gasteiger partial charge in [-0.1, -0.05) is 0 Å². The topological polar surface area (TPSA) is 68.6 Å². The number of amides is 2. The van der Waals surface area contributed by atoms with Crippen molar-refractivity contribution in [2.45, 2.75) is 32.4 Å². The third kappa shape index (κ3) is 3.40. The predicted octanol–water partition coefficient (Wildman–Crippen LogP) is 3.29. The molecule has 3 rings (SSSR count). The summed E-state index contributed by atoms with van der Waals surface area (Å²) in [6.45, 7) is 3.59. The molecule has 1 aromatic heterocycles. The highest BCUT2D eigenvalue weighted by molar-refractivity contribution is 5.90. The van der Waals surface area contributed by atoms with E-state index in [0.29, 0.717) is 17.2 Å². The number of carbonyl (C=O) groups is 1. The van der Waals surface area contributed by atoms with Crippen molar-refractivity contribution < 1.29 is 14.3 Å². The van der Waals surface area contributed by atoms with E-state index in [1.165, 1.54) is 0 Å². The Hall–Kier alpha value is -2.70. The number of aryl methyl sites for hydroxylation is 1. The molecule has 0 spiro atoms. The molecule has 1 aliphatic rings. The van der Waals surface area contributed by atoms with Crippen LogP contribution in [0.3, 0.4) is 0 Å². The van der Waals surface area contributed by atoms with E-state index < -0.39 is 0 Å². The van der Waals surface area contributed by atoms with Crippen LogP contribution in [0, 0.1) is 0 Å². The Kier molecular flexibility index (Phi) is 5.11. The van der Waals surface area contributed by atoms with Gasteiger partial charge in [-0.2, -0.15) is 5.10 Å². The molecule has 2 amide bonds. The molecule has 7 nitrogen and oxygen atoms in total. The number of aromatic nitrogens is 2. The molecule has 1 atom stereocenters. The van der Waals surface area contributed by atoms with Gasteiger partial charge in [0.25, 0.3) is 0 Å². The van der Waals surface area contributed by atoms with Crippen molar-refractivity contribution in [3.8, 4) is 11.5 Å². The zero-order valence-corrected chi connectivity index (χ0v) is 14.9. The maximum atomic E-state index is 12.8. The lowest BCUT2D eigenvalue weighted by Crippen LogP contribution is -2.35. The number of benzene rings is 1. The normalized spacial score (nSPS) is 16.8. The molecule has 1 aliphatic heterocycles. The molecule has 2 aromatic rings. The minimum atomic E-state index is -0.112. The van der Waals surface area contributed by atoms with Gasteiger partial charge in [-0.05, 0) is 38.0 Å². The second kappa shape index (κ2) is 7.46. The monoisotopic (exact) mass is 344 g/mol. The average molecular weight is 344 g/mol. The van der Waals surface area contributed by atoms with Crippen LogP contribution < -0.4 is 14.8 Å². The van der Waals surface area contributed by atoms with Crippen molar-refractivity contribution in [2.75, 3.05) is 26.1 Å². The van der Waals surface area contributed by atoms with E-state index in [0.717, 1.165) is 31.6 Å². The molecule has 2 heterocycles. The molecule has 0 aliphatic carbocycles. The number of nitrogens with zero attached hydrogens (tertiary/aromatic N) is 3. The summed E-state index contributed by atoms with van der Waals surface area (Å²) in [6, 6.07) is 7.29. The van der Waals surface area contributed by atoms with Gasteiger partial charge in [0.05, 0.1) is 26.0 Å². The van der Waals surface area contributed by atoms with Gasteiger partial charge in [0.15, 0.2) is 11.5 Å². The van der Waals surface area contributed by atoms with Crippen molar-refractivity contribution in [1.82, 2.24) is 14.7 Å². The Labute approximate surface area is 147 Å². The van der Waals surface area contributed by atoms with Gasteiger partial charge in [0.2, 0.25) is 0 Å². The molecule has 1 N–H and O–H groups in total. The number of methoxy groups -OCH3 is 2. The van der Waals surface area contributed by atoms with Gasteiger partial charge < -0.3 is 19.7 Å². The lowest BCUT2D eigenvalue weighted by molar-refractivity contribution is 0.204. The molecule has 0 unspecified atom stereocenters. The summed E-state index contributed by atoms with van der Waals surface area (Å²) in [7, 11) is 3.16. The molecule has 0 radical (unpaired) electrons. The highest BCUT2D eigenvalue weighted by Crippen LogP contribution is 2.33. The standard InChI is InChI=1S/C18H24N4O3/c1-4-22-15(9-10-19-22)14-6-5-11-21(14)18(23)20-13-7-8-16(24-2)17(12-13)25-3/h7-10,12,14H,4-6,11H2,1-3H3,(H,20,23)/t14-/m0/s1. The Bertz CT molecular complexity index is 744. The zero-order valence-electron chi connectivity index (χ0n) is 14.9. The third-order valence-corrected chi connectivity index (χ3v) is 4.54. The van der Waals surface area contributed by atoms with Crippen LogP contribution >= 0.6 is 0 Å². The second-order valence-electron chi connectivity index (χ2n) is 5.92. The van der Waals surface area contributed by atoms with Gasteiger partial charge in [-0.3, -0.25) is 4.68 Å². The Morgan fingerprint density at radius 3 is 2.80 bits per heavy atom. The van der Waals surface area contributed by atoms with E-state index in [1.54, 1.807) is 38.6 Å². The SMILES string of the molecule is CCn1nccc1[C@@H]1CCCN1C(=O)Nc1ccc(OC)c(OC)c1. The van der Waals surface area contributed by atoms with Crippen molar-refractivity contribution >= 4 is 11.7 Å². The van der Waals surface area contributed by atoms with Crippen molar-refractivity contribution in [1.29, 1.82) is 0 Å². The van der Waals surface area contributed by atoms with E-state index in [-0.39, 0.29) is 12.1 Å². The lowest BCUT2D eigenvalue weighted by Gasteiger charge is -2.25. The second-order valence-corrected chi connectivity index (χ2v) is 5.92. The quantitative estimate of drug-likeness (QED) is 0.904. The Balaban J connectivity index is 1.76. The summed E-state index contributed by atoms with van der Waals surface area (Å²) in [4.78, 5) is 14.7. The number of rotatable bonds is 5. The van der Waals surface area contributed by atoms with Crippen LogP contribution in [0.2, 0.25) is 0 Å². The molecule has 25 heavy (non-hydrogen) atoms. The van der Waals surface area contributed by atoms with E-state index >= 15 is 0 Å². The van der Waals surface area contributed by atoms with Crippen LogP contribution in [-0.4, -0.2) is 41.5 Å². The Morgan fingerprint density at radius 2 is 2.08 bits per heavy atom. The minimum absolute atomic E-state index is 0.0580. The van der Waals surface area contributed by atoms with Crippen molar-refractivity contribution in [3.05, 3.63) is 36.2 Å². The number of hydrogen-bond donors (Lipinski definition) is 1. The van der Waals surface area contributed by atoms with Gasteiger partial charge in [-0.15, -0.1) is 0 Å². The van der Waals surface area contributed by atoms with Crippen LogP contribution in [0.5, 0.6) is 11.5 Å². The fourth-order valence-electron chi connectivity index (χ4n) is 3.32. The molecule has 0 saturated carbocycles. The van der Waals surface area contributed by atoms with E-state index in [4.69, 9.17) is 9.47 Å². The molecule has 0 bridgehead atoms. The summed E-state index contributed by atoms with van der Waals surface area (Å²) in [5.41, 5.74) is 1.76. The van der Waals surface area contributed by atoms with Gasteiger partial charge in [0, 0.05) is 31.0 Å². The van der Waals surface area contributed by atoms with Gasteiger partial charge in [-0.25, -0.2) is 4.79 Å². The summed E-state index contributed by atoms with van der Waals surface area (Å²) < 4.78 is 12.5. The molecule has 7 heteroatoms. The number of nitrogens with one attached hydrogen (secondary N) is 1. The van der Waals surface area contributed by atoms with Crippen LogP contribution in [0.1, 0.15) is 31.5 Å². The molecular weight excluding hydrogens is 320 g/mol. The van der Waals surface area contributed by atoms with Gasteiger partial charge >= 0.3 is 6.03 Å². The highest BCUT2D eigenvalue weighted by atomic mass is 16.5. The third-order valence-electron chi connectivity index (χ3n) is 4.54. The van der Waals surface area contributed by atoms with E-state index in [9.17, 15) is 4.79 Å². The van der Waals surface area contributed by atoms with Crippen LogP contribution in [0.15, 0.2) is 30.5 Å². The highest BCUT2D eigenvalue weighted by Gasteiger charge is 2.32. The first-order valence-electron chi connectivity index (χ1n) is 8.49. The number of hydrogen-bond acceptors (Lipinski definition) is 4. The number of likely N-dealkylation sites (tertiary alicyclic amines) is 1. The fourth-order valence-corrected chi connectivity index (χ4v) is 3.32. The van der Waals surface area contributed by atoms with Crippen LogP contribution in [-0.2, 0) is 6.54 Å². The maximum Gasteiger partial charge on any atom is 0.322 e. The first kappa shape index (κ1) is 17.1. The fraction of sp³-hybridized carbons (Fsp3) is 0.444. The molecular formula is C18H24N4O3. The summed E-state index contributed by atoms with van der Waals surface area (Å²) in [6.07, 6.45) is 3.73. The van der Waals surface area contributed by atoms with Crippen molar-refractivity contribution in [2.24, 2.45) is 0 Å². The summed E-state index contributed by atoms with van der Waals surface area (Å²) >= 11 is 0. The smallest absolute Gasteiger partial charge is 0.322 e. The maximum absolute atomic E-state index is 12.8. The zero-order chi connectivity index (χ0) is 17.8. The first-order valence-corrected chi connectivity index (χ1v) is 8.49. The van der Waals surface area contributed by atoms with E-state index in [2.05, 4.69) is 17.3 Å². The number of carbonyl (C=O) groups excluding carboxylic acids is 1. The summed E-state index contributed by atoms with van der Waals surface area (Å²) in [5, 5.41) is 7.29.